The molecule has 76 valence electrons. The molecule has 1 unspecified atom stereocenters. The molecule has 2 N–H and O–H groups in total. The van der Waals surface area contributed by atoms with Crippen molar-refractivity contribution in [2.24, 2.45) is 11.1 Å². The molecule has 4 heteroatoms. The third kappa shape index (κ3) is 1.41. The van der Waals surface area contributed by atoms with Crippen LogP contribution in [0.1, 0.15) is 31.9 Å². The van der Waals surface area contributed by atoms with Crippen LogP contribution in [0.2, 0.25) is 0 Å². The summed E-state index contributed by atoms with van der Waals surface area (Å²) in [6.45, 7) is 5.20. The predicted octanol–water partition coefficient (Wildman–Crippen LogP) is 0.882. The summed E-state index contributed by atoms with van der Waals surface area (Å²) in [6, 6.07) is 0. The fourth-order valence-electron chi connectivity index (χ4n) is 2.18. The molecule has 0 bridgehead atoms. The zero-order valence-electron chi connectivity index (χ0n) is 8.53. The Kier molecular flexibility index (Phi) is 1.87. The normalized spacial score (nSPS) is 24.3. The summed E-state index contributed by atoms with van der Waals surface area (Å²) >= 11 is 0. The van der Waals surface area contributed by atoms with Crippen LogP contribution in [0.25, 0.3) is 0 Å². The summed E-state index contributed by atoms with van der Waals surface area (Å²) in [5.74, 6) is -0.430. The van der Waals surface area contributed by atoms with E-state index < -0.39 is 0 Å². The molecule has 0 saturated heterocycles. The zero-order valence-corrected chi connectivity index (χ0v) is 8.53. The number of hydrogen-bond donors (Lipinski definition) is 1. The van der Waals surface area contributed by atoms with E-state index in [9.17, 15) is 4.79 Å². The number of nitrogens with zero attached hydrogens (tertiary/aromatic N) is 2. The molecule has 0 radical (unpaired) electrons. The minimum absolute atomic E-state index is 0.118. The molecule has 1 amide bonds. The Hall–Kier alpha value is -1.32. The molecule has 0 fully saturated rings. The zero-order chi connectivity index (χ0) is 10.3. The SMILES string of the molecule is CC1(C)CC(C(N)=O)c2cncn2C1. The van der Waals surface area contributed by atoms with Crippen LogP contribution in [0.15, 0.2) is 12.5 Å². The first-order valence-corrected chi connectivity index (χ1v) is 4.79. The first kappa shape index (κ1) is 9.24. The number of rotatable bonds is 1. The van der Waals surface area contributed by atoms with E-state index >= 15 is 0 Å². The standard InChI is InChI=1S/C10H15N3O/c1-10(2)3-7(9(11)14)8-4-12-6-13(8)5-10/h4,6-7H,3,5H2,1-2H3,(H2,11,14). The average molecular weight is 193 g/mol. The van der Waals surface area contributed by atoms with Crippen molar-refractivity contribution in [1.29, 1.82) is 0 Å². The number of amides is 1. The first-order chi connectivity index (χ1) is 6.49. The number of primary amides is 1. The molecule has 0 aliphatic carbocycles. The minimum Gasteiger partial charge on any atom is -0.369 e. The molecule has 1 aromatic heterocycles. The van der Waals surface area contributed by atoms with E-state index in [-0.39, 0.29) is 17.2 Å². The highest BCUT2D eigenvalue weighted by atomic mass is 16.1. The van der Waals surface area contributed by atoms with Crippen LogP contribution in [-0.4, -0.2) is 15.5 Å². The molecule has 1 atom stereocenters. The second-order valence-corrected chi connectivity index (χ2v) is 4.77. The van der Waals surface area contributed by atoms with Gasteiger partial charge in [0.25, 0.3) is 0 Å². The van der Waals surface area contributed by atoms with Crippen molar-refractivity contribution in [3.05, 3.63) is 18.2 Å². The Morgan fingerprint density at radius 1 is 1.71 bits per heavy atom. The van der Waals surface area contributed by atoms with Gasteiger partial charge in [0.15, 0.2) is 0 Å². The van der Waals surface area contributed by atoms with Crippen molar-refractivity contribution in [3.8, 4) is 0 Å². The summed E-state index contributed by atoms with van der Waals surface area (Å²) in [4.78, 5) is 15.3. The number of carbonyl (C=O) groups is 1. The summed E-state index contributed by atoms with van der Waals surface area (Å²) in [5, 5.41) is 0. The second kappa shape index (κ2) is 2.83. The van der Waals surface area contributed by atoms with Crippen LogP contribution in [0.4, 0.5) is 0 Å². The Balaban J connectivity index is 2.42. The molecule has 0 saturated carbocycles. The number of hydrogen-bond acceptors (Lipinski definition) is 2. The lowest BCUT2D eigenvalue weighted by Gasteiger charge is -2.34. The fourth-order valence-corrected chi connectivity index (χ4v) is 2.18. The highest BCUT2D eigenvalue weighted by Gasteiger charge is 2.35. The van der Waals surface area contributed by atoms with Crippen molar-refractivity contribution >= 4 is 5.91 Å². The van der Waals surface area contributed by atoms with Crippen molar-refractivity contribution < 1.29 is 4.79 Å². The topological polar surface area (TPSA) is 60.9 Å². The summed E-state index contributed by atoms with van der Waals surface area (Å²) in [7, 11) is 0. The van der Waals surface area contributed by atoms with Crippen molar-refractivity contribution in [3.63, 3.8) is 0 Å². The van der Waals surface area contributed by atoms with Crippen LogP contribution in [0.5, 0.6) is 0 Å². The second-order valence-electron chi connectivity index (χ2n) is 4.77. The van der Waals surface area contributed by atoms with Gasteiger partial charge in [-0.3, -0.25) is 4.79 Å². The minimum atomic E-state index is -0.250. The van der Waals surface area contributed by atoms with Gasteiger partial charge in [-0.15, -0.1) is 0 Å². The third-order valence-corrected chi connectivity index (χ3v) is 2.80. The Morgan fingerprint density at radius 3 is 3.07 bits per heavy atom. The largest absolute Gasteiger partial charge is 0.369 e. The number of fused-ring (bicyclic) bond motifs is 1. The summed E-state index contributed by atoms with van der Waals surface area (Å²) in [6.07, 6.45) is 4.32. The van der Waals surface area contributed by atoms with E-state index in [1.165, 1.54) is 0 Å². The van der Waals surface area contributed by atoms with Gasteiger partial charge in [-0.25, -0.2) is 4.98 Å². The van der Waals surface area contributed by atoms with Gasteiger partial charge in [0, 0.05) is 18.4 Å². The highest BCUT2D eigenvalue weighted by molar-refractivity contribution is 5.81. The average Bonchev–Trinajstić information content (AvgIpc) is 2.47. The maximum Gasteiger partial charge on any atom is 0.226 e. The summed E-state index contributed by atoms with van der Waals surface area (Å²) < 4.78 is 2.03. The predicted molar refractivity (Wildman–Crippen MR) is 52.6 cm³/mol. The molecule has 1 aromatic rings. The van der Waals surface area contributed by atoms with Gasteiger partial charge in [-0.2, -0.15) is 0 Å². The van der Waals surface area contributed by atoms with E-state index in [0.29, 0.717) is 0 Å². The molecular formula is C10H15N3O. The molecule has 4 nitrogen and oxygen atoms in total. The Labute approximate surface area is 83.1 Å². The number of aromatic nitrogens is 2. The van der Waals surface area contributed by atoms with Crippen molar-refractivity contribution in [2.75, 3.05) is 0 Å². The first-order valence-electron chi connectivity index (χ1n) is 4.79. The van der Waals surface area contributed by atoms with Crippen LogP contribution in [-0.2, 0) is 11.3 Å². The fraction of sp³-hybridized carbons (Fsp3) is 0.600. The van der Waals surface area contributed by atoms with Gasteiger partial charge >= 0.3 is 0 Å². The Bertz CT molecular complexity index is 367. The van der Waals surface area contributed by atoms with Crippen LogP contribution in [0.3, 0.4) is 0 Å². The molecule has 1 aliphatic rings. The maximum absolute atomic E-state index is 11.3. The van der Waals surface area contributed by atoms with Crippen LogP contribution in [0, 0.1) is 5.41 Å². The van der Waals surface area contributed by atoms with E-state index in [1.807, 2.05) is 4.57 Å². The van der Waals surface area contributed by atoms with Crippen LogP contribution < -0.4 is 5.73 Å². The molecule has 14 heavy (non-hydrogen) atoms. The molecule has 2 heterocycles. The Morgan fingerprint density at radius 2 is 2.43 bits per heavy atom. The van der Waals surface area contributed by atoms with Gasteiger partial charge in [0.2, 0.25) is 5.91 Å². The van der Waals surface area contributed by atoms with Gasteiger partial charge in [0.1, 0.15) is 0 Å². The van der Waals surface area contributed by atoms with Gasteiger partial charge in [-0.05, 0) is 11.8 Å². The van der Waals surface area contributed by atoms with Crippen molar-refractivity contribution in [1.82, 2.24) is 9.55 Å². The molecule has 0 spiro atoms. The highest BCUT2D eigenvalue weighted by Crippen LogP contribution is 2.37. The van der Waals surface area contributed by atoms with Gasteiger partial charge in [0.05, 0.1) is 12.2 Å². The third-order valence-electron chi connectivity index (χ3n) is 2.80. The lowest BCUT2D eigenvalue weighted by atomic mass is 9.78. The molecule has 2 rings (SSSR count). The van der Waals surface area contributed by atoms with E-state index in [1.54, 1.807) is 12.5 Å². The maximum atomic E-state index is 11.3. The quantitative estimate of drug-likeness (QED) is 0.719. The molecular weight excluding hydrogens is 178 g/mol. The number of nitrogens with two attached hydrogens (primary N) is 1. The van der Waals surface area contributed by atoms with Crippen LogP contribution >= 0.6 is 0 Å². The smallest absolute Gasteiger partial charge is 0.226 e. The van der Waals surface area contributed by atoms with E-state index in [4.69, 9.17) is 5.73 Å². The number of carbonyl (C=O) groups excluding carboxylic acids is 1. The molecule has 1 aliphatic heterocycles. The lowest BCUT2D eigenvalue weighted by molar-refractivity contribution is -0.120. The van der Waals surface area contributed by atoms with Gasteiger partial charge < -0.3 is 10.3 Å². The molecule has 0 aromatic carbocycles. The van der Waals surface area contributed by atoms with Crippen molar-refractivity contribution in [2.45, 2.75) is 32.7 Å². The lowest BCUT2D eigenvalue weighted by Crippen LogP contribution is -2.35. The monoisotopic (exact) mass is 193 g/mol. The number of imidazole rings is 1. The van der Waals surface area contributed by atoms with E-state index in [0.717, 1.165) is 18.7 Å². The van der Waals surface area contributed by atoms with E-state index in [2.05, 4.69) is 18.8 Å². The van der Waals surface area contributed by atoms with Gasteiger partial charge in [-0.1, -0.05) is 13.8 Å². The summed E-state index contributed by atoms with van der Waals surface area (Å²) in [5.41, 5.74) is 6.46.